The van der Waals surface area contributed by atoms with Gasteiger partial charge in [0.15, 0.2) is 0 Å². The van der Waals surface area contributed by atoms with Crippen molar-refractivity contribution in [1.82, 2.24) is 20.1 Å². The molecule has 2 N–H and O–H groups in total. The van der Waals surface area contributed by atoms with Crippen LogP contribution in [0.5, 0.6) is 0 Å². The van der Waals surface area contributed by atoms with E-state index in [0.29, 0.717) is 30.0 Å². The smallest absolute Gasteiger partial charge is 0.272 e. The van der Waals surface area contributed by atoms with Crippen molar-refractivity contribution in [2.24, 2.45) is 5.92 Å². The number of sulfonamides is 1. The number of hydrogen-bond donors (Lipinski definition) is 2. The van der Waals surface area contributed by atoms with Crippen LogP contribution < -0.4 is 10.9 Å². The minimum atomic E-state index is -3.67. The van der Waals surface area contributed by atoms with Crippen molar-refractivity contribution in [1.29, 1.82) is 0 Å². The van der Waals surface area contributed by atoms with Crippen LogP contribution in [0.3, 0.4) is 0 Å². The first-order valence-electron chi connectivity index (χ1n) is 9.49. The minimum absolute atomic E-state index is 0.0703. The Kier molecular flexibility index (Phi) is 7.11. The number of benzene rings is 1. The van der Waals surface area contributed by atoms with E-state index < -0.39 is 27.8 Å². The SMILES string of the molecule is CSc1ncccc1C(=O)NNC(=O)C1CCCN(S(=O)(=O)c2ccc(C)cc2)C1. The van der Waals surface area contributed by atoms with Gasteiger partial charge < -0.3 is 0 Å². The molecule has 0 radical (unpaired) electrons. The van der Waals surface area contributed by atoms with Gasteiger partial charge in [0.1, 0.15) is 5.03 Å². The Balaban J connectivity index is 1.63. The Morgan fingerprint density at radius 2 is 1.90 bits per heavy atom. The summed E-state index contributed by atoms with van der Waals surface area (Å²) in [6.07, 6.45) is 4.51. The van der Waals surface area contributed by atoms with E-state index in [-0.39, 0.29) is 11.4 Å². The monoisotopic (exact) mass is 448 g/mol. The molecular formula is C20H24N4O4S2. The summed E-state index contributed by atoms with van der Waals surface area (Å²) in [5.41, 5.74) is 6.16. The van der Waals surface area contributed by atoms with Crippen LogP contribution in [-0.4, -0.2) is 48.9 Å². The molecule has 8 nitrogen and oxygen atoms in total. The van der Waals surface area contributed by atoms with E-state index in [4.69, 9.17) is 0 Å². The summed E-state index contributed by atoms with van der Waals surface area (Å²) in [7, 11) is -3.67. The van der Waals surface area contributed by atoms with Crippen molar-refractivity contribution in [3.05, 3.63) is 53.7 Å². The van der Waals surface area contributed by atoms with Crippen molar-refractivity contribution in [2.45, 2.75) is 29.7 Å². The number of amides is 2. The van der Waals surface area contributed by atoms with E-state index in [1.807, 2.05) is 13.2 Å². The lowest BCUT2D eigenvalue weighted by Gasteiger charge is -2.31. The molecule has 1 atom stereocenters. The third-order valence-corrected chi connectivity index (χ3v) is 7.51. The molecule has 0 spiro atoms. The highest BCUT2D eigenvalue weighted by Crippen LogP contribution is 2.24. The van der Waals surface area contributed by atoms with E-state index in [2.05, 4.69) is 15.8 Å². The molecule has 1 aliphatic heterocycles. The normalized spacial score (nSPS) is 17.3. The first kappa shape index (κ1) is 22.3. The maximum atomic E-state index is 12.9. The number of rotatable bonds is 5. The molecule has 0 saturated carbocycles. The largest absolute Gasteiger partial charge is 0.273 e. The number of carbonyl (C=O) groups excluding carboxylic acids is 2. The summed E-state index contributed by atoms with van der Waals surface area (Å²) in [6.45, 7) is 2.32. The van der Waals surface area contributed by atoms with Gasteiger partial charge in [0.05, 0.1) is 16.4 Å². The zero-order valence-electron chi connectivity index (χ0n) is 16.8. The molecule has 2 aromatic rings. The number of pyridine rings is 1. The van der Waals surface area contributed by atoms with Crippen molar-refractivity contribution >= 4 is 33.6 Å². The van der Waals surface area contributed by atoms with Gasteiger partial charge in [-0.2, -0.15) is 4.31 Å². The number of hydrogen-bond acceptors (Lipinski definition) is 6. The summed E-state index contributed by atoms with van der Waals surface area (Å²) in [5, 5.41) is 0.553. The molecule has 1 aromatic heterocycles. The molecule has 160 valence electrons. The number of hydrazine groups is 1. The maximum absolute atomic E-state index is 12.9. The predicted octanol–water partition coefficient (Wildman–Crippen LogP) is 1.97. The molecule has 10 heteroatoms. The maximum Gasteiger partial charge on any atom is 0.272 e. The van der Waals surface area contributed by atoms with Crippen LogP contribution in [0.4, 0.5) is 0 Å². The van der Waals surface area contributed by atoms with Gasteiger partial charge >= 0.3 is 0 Å². The van der Waals surface area contributed by atoms with Crippen LogP contribution in [-0.2, 0) is 14.8 Å². The van der Waals surface area contributed by atoms with Gasteiger partial charge in [-0.3, -0.25) is 20.4 Å². The van der Waals surface area contributed by atoms with E-state index in [0.717, 1.165) is 5.56 Å². The molecule has 1 aromatic carbocycles. The van der Waals surface area contributed by atoms with Crippen LogP contribution in [0.15, 0.2) is 52.5 Å². The molecule has 2 heterocycles. The van der Waals surface area contributed by atoms with Gasteiger partial charge in [0.25, 0.3) is 5.91 Å². The van der Waals surface area contributed by atoms with Crippen LogP contribution in [0.1, 0.15) is 28.8 Å². The summed E-state index contributed by atoms with van der Waals surface area (Å²) in [4.78, 5) is 29.3. The summed E-state index contributed by atoms with van der Waals surface area (Å²) < 4.78 is 27.1. The number of thioether (sulfide) groups is 1. The molecule has 3 rings (SSSR count). The quantitative estimate of drug-likeness (QED) is 0.535. The van der Waals surface area contributed by atoms with Crippen LogP contribution >= 0.6 is 11.8 Å². The fourth-order valence-corrected chi connectivity index (χ4v) is 5.32. The standard InChI is InChI=1S/C20H24N4O4S2/c1-14-7-9-16(10-8-14)30(27,28)24-12-4-5-15(13-24)18(25)22-23-19(26)17-6-3-11-21-20(17)29-2/h3,6-11,15H,4-5,12-13H2,1-2H3,(H,22,25)(H,23,26). The van der Waals surface area contributed by atoms with Gasteiger partial charge in [-0.1, -0.05) is 17.7 Å². The number of nitrogens with one attached hydrogen (secondary N) is 2. The Labute approximate surface area is 180 Å². The van der Waals surface area contributed by atoms with E-state index in [1.54, 1.807) is 42.6 Å². The number of nitrogens with zero attached hydrogens (tertiary/aromatic N) is 2. The van der Waals surface area contributed by atoms with Gasteiger partial charge in [0.2, 0.25) is 15.9 Å². The summed E-state index contributed by atoms with van der Waals surface area (Å²) in [6, 6.07) is 9.91. The van der Waals surface area contributed by atoms with Crippen molar-refractivity contribution < 1.29 is 18.0 Å². The Morgan fingerprint density at radius 3 is 2.60 bits per heavy atom. The van der Waals surface area contributed by atoms with E-state index in [1.165, 1.54) is 16.1 Å². The zero-order valence-corrected chi connectivity index (χ0v) is 18.4. The Morgan fingerprint density at radius 1 is 1.17 bits per heavy atom. The Bertz CT molecular complexity index is 1030. The predicted molar refractivity (Wildman–Crippen MR) is 114 cm³/mol. The number of carbonyl (C=O) groups is 2. The Hall–Kier alpha value is -2.43. The summed E-state index contributed by atoms with van der Waals surface area (Å²) >= 11 is 1.33. The van der Waals surface area contributed by atoms with E-state index >= 15 is 0 Å². The lowest BCUT2D eigenvalue weighted by atomic mass is 9.99. The molecule has 30 heavy (non-hydrogen) atoms. The lowest BCUT2D eigenvalue weighted by molar-refractivity contribution is -0.126. The molecule has 0 aliphatic carbocycles. The van der Waals surface area contributed by atoms with Crippen molar-refractivity contribution in [2.75, 3.05) is 19.3 Å². The molecule has 1 aliphatic rings. The molecule has 2 amide bonds. The third kappa shape index (κ3) is 5.00. The number of aryl methyl sites for hydroxylation is 1. The minimum Gasteiger partial charge on any atom is -0.273 e. The second-order valence-corrected chi connectivity index (χ2v) is 9.75. The zero-order chi connectivity index (χ0) is 21.7. The van der Waals surface area contributed by atoms with E-state index in [9.17, 15) is 18.0 Å². The second kappa shape index (κ2) is 9.59. The van der Waals surface area contributed by atoms with Gasteiger partial charge in [-0.25, -0.2) is 13.4 Å². The van der Waals surface area contributed by atoms with Crippen LogP contribution in [0.2, 0.25) is 0 Å². The van der Waals surface area contributed by atoms with Crippen LogP contribution in [0.25, 0.3) is 0 Å². The third-order valence-electron chi connectivity index (χ3n) is 4.92. The molecule has 1 unspecified atom stereocenters. The van der Waals surface area contributed by atoms with Gasteiger partial charge in [0, 0.05) is 19.3 Å². The average Bonchev–Trinajstić information content (AvgIpc) is 2.77. The lowest BCUT2D eigenvalue weighted by Crippen LogP contribution is -2.50. The van der Waals surface area contributed by atoms with Crippen molar-refractivity contribution in [3.8, 4) is 0 Å². The molecule has 1 fully saturated rings. The molecule has 1 saturated heterocycles. The summed E-state index contributed by atoms with van der Waals surface area (Å²) in [5.74, 6) is -1.43. The molecule has 0 bridgehead atoms. The number of piperidine rings is 1. The first-order chi connectivity index (χ1) is 14.3. The topological polar surface area (TPSA) is 108 Å². The highest BCUT2D eigenvalue weighted by atomic mass is 32.2. The average molecular weight is 449 g/mol. The second-order valence-electron chi connectivity index (χ2n) is 7.02. The first-order valence-corrected chi connectivity index (χ1v) is 12.2. The van der Waals surface area contributed by atoms with Crippen molar-refractivity contribution in [3.63, 3.8) is 0 Å². The number of aromatic nitrogens is 1. The van der Waals surface area contributed by atoms with Gasteiger partial charge in [-0.15, -0.1) is 11.8 Å². The molecular weight excluding hydrogens is 424 g/mol. The fourth-order valence-electron chi connectivity index (χ4n) is 3.25. The highest BCUT2D eigenvalue weighted by Gasteiger charge is 2.33. The van der Waals surface area contributed by atoms with Gasteiger partial charge in [-0.05, 0) is 50.3 Å². The fraction of sp³-hybridized carbons (Fsp3) is 0.350. The van der Waals surface area contributed by atoms with Crippen LogP contribution in [0, 0.1) is 12.8 Å². The highest BCUT2D eigenvalue weighted by molar-refractivity contribution is 7.98.